The van der Waals surface area contributed by atoms with Gasteiger partial charge in [0.05, 0.1) is 20.8 Å². The van der Waals surface area contributed by atoms with Crippen LogP contribution >= 0.6 is 0 Å². The lowest BCUT2D eigenvalue weighted by atomic mass is 9.96. The fourth-order valence-corrected chi connectivity index (χ4v) is 4.07. The summed E-state index contributed by atoms with van der Waals surface area (Å²) >= 11 is 0. The number of methoxy groups -OCH3 is 2. The van der Waals surface area contributed by atoms with E-state index in [1.807, 2.05) is 36.4 Å². The third-order valence-corrected chi connectivity index (χ3v) is 6.42. The molecule has 1 aromatic heterocycles. The number of hydrogen-bond donors (Lipinski definition) is 2. The van der Waals surface area contributed by atoms with E-state index in [2.05, 4.69) is 15.7 Å². The van der Waals surface area contributed by atoms with Gasteiger partial charge >= 0.3 is 0 Å². The first-order valence-electron chi connectivity index (χ1n) is 11.4. The Morgan fingerprint density at radius 1 is 0.972 bits per heavy atom. The molecule has 1 aliphatic heterocycles. The molecule has 2 heterocycles. The highest BCUT2D eigenvalue weighted by atomic mass is 16.5. The van der Waals surface area contributed by atoms with Gasteiger partial charge in [0.1, 0.15) is 11.2 Å². The van der Waals surface area contributed by atoms with Crippen LogP contribution in [0, 0.1) is 0 Å². The summed E-state index contributed by atoms with van der Waals surface area (Å²) in [5.74, 6) is 0.0261. The summed E-state index contributed by atoms with van der Waals surface area (Å²) in [6.07, 6.45) is 0. The van der Waals surface area contributed by atoms with E-state index in [1.165, 1.54) is 15.6 Å². The zero-order valence-corrected chi connectivity index (χ0v) is 20.7. The Morgan fingerprint density at radius 3 is 2.36 bits per heavy atom. The van der Waals surface area contributed by atoms with Crippen molar-refractivity contribution in [2.24, 2.45) is 0 Å². The number of carbonyl (C=O) groups is 3. The molecule has 0 radical (unpaired) electrons. The van der Waals surface area contributed by atoms with Crippen molar-refractivity contribution in [3.63, 3.8) is 0 Å². The van der Waals surface area contributed by atoms with Gasteiger partial charge in [0, 0.05) is 26.2 Å². The highest BCUT2D eigenvalue weighted by Gasteiger charge is 2.46. The minimum Gasteiger partial charge on any atom is -0.493 e. The lowest BCUT2D eigenvalue weighted by Gasteiger charge is -2.40. The van der Waals surface area contributed by atoms with E-state index >= 15 is 0 Å². The Labute approximate surface area is 209 Å². The van der Waals surface area contributed by atoms with Gasteiger partial charge in [0.15, 0.2) is 17.2 Å². The molecular formula is C26H29N5O5. The highest BCUT2D eigenvalue weighted by Crippen LogP contribution is 2.28. The summed E-state index contributed by atoms with van der Waals surface area (Å²) in [7, 11) is 4.67. The molecule has 1 unspecified atom stereocenters. The summed E-state index contributed by atoms with van der Waals surface area (Å²) in [5.41, 5.74) is 0.942. The normalized spacial score (nSPS) is 16.8. The van der Waals surface area contributed by atoms with E-state index in [0.29, 0.717) is 18.0 Å². The van der Waals surface area contributed by atoms with Crippen LogP contribution in [0.25, 0.3) is 0 Å². The predicted molar refractivity (Wildman–Crippen MR) is 132 cm³/mol. The average Bonchev–Trinajstić information content (AvgIpc) is 3.33. The number of amides is 3. The van der Waals surface area contributed by atoms with Gasteiger partial charge in [-0.25, -0.2) is 0 Å². The standard InChI is InChI=1S/C26H29N5O5/c1-26(25(34)28-14-17-8-6-5-7-9-17)16-31-20(24(33)30(26)2)13-19(29-31)23(32)27-15-18-10-11-21(35-3)22(12-18)36-4/h5-13H,14-16H2,1-4H3,(H,27,32)(H,28,34). The van der Waals surface area contributed by atoms with Gasteiger partial charge in [0.2, 0.25) is 5.91 Å². The molecule has 10 nitrogen and oxygen atoms in total. The van der Waals surface area contributed by atoms with Gasteiger partial charge < -0.3 is 25.0 Å². The fourth-order valence-electron chi connectivity index (χ4n) is 4.07. The molecule has 0 aliphatic carbocycles. The first kappa shape index (κ1) is 24.8. The van der Waals surface area contributed by atoms with Gasteiger partial charge in [-0.1, -0.05) is 36.4 Å². The molecule has 0 spiro atoms. The van der Waals surface area contributed by atoms with Crippen LogP contribution in [0.15, 0.2) is 54.6 Å². The average molecular weight is 492 g/mol. The smallest absolute Gasteiger partial charge is 0.272 e. The maximum absolute atomic E-state index is 13.1. The minimum absolute atomic E-state index is 0.0983. The number of nitrogens with zero attached hydrogens (tertiary/aromatic N) is 3. The van der Waals surface area contributed by atoms with Crippen molar-refractivity contribution in [3.05, 3.63) is 77.1 Å². The molecule has 0 saturated carbocycles. The number of hydrogen-bond acceptors (Lipinski definition) is 6. The van der Waals surface area contributed by atoms with E-state index in [1.54, 1.807) is 40.3 Å². The van der Waals surface area contributed by atoms with Crippen LogP contribution < -0.4 is 20.1 Å². The summed E-state index contributed by atoms with van der Waals surface area (Å²) in [4.78, 5) is 40.4. The van der Waals surface area contributed by atoms with Gasteiger partial charge in [0.25, 0.3) is 11.8 Å². The van der Waals surface area contributed by atoms with Crippen LogP contribution in [-0.4, -0.2) is 59.2 Å². The number of fused-ring (bicyclic) bond motifs is 1. The minimum atomic E-state index is -1.17. The van der Waals surface area contributed by atoms with Crippen molar-refractivity contribution in [2.75, 3.05) is 21.3 Å². The number of likely N-dealkylation sites (N-methyl/N-ethyl adjacent to an activating group) is 1. The molecule has 2 N–H and O–H groups in total. The first-order valence-corrected chi connectivity index (χ1v) is 11.4. The molecule has 4 rings (SSSR count). The maximum atomic E-state index is 13.1. The van der Waals surface area contributed by atoms with Gasteiger partial charge in [-0.05, 0) is 30.2 Å². The molecule has 0 bridgehead atoms. The van der Waals surface area contributed by atoms with Crippen molar-refractivity contribution >= 4 is 17.7 Å². The lowest BCUT2D eigenvalue weighted by molar-refractivity contribution is -0.132. The highest BCUT2D eigenvalue weighted by molar-refractivity contribution is 6.01. The number of rotatable bonds is 8. The third kappa shape index (κ3) is 4.74. The van der Waals surface area contributed by atoms with Crippen molar-refractivity contribution < 1.29 is 23.9 Å². The number of benzene rings is 2. The van der Waals surface area contributed by atoms with Gasteiger partial charge in [-0.3, -0.25) is 19.1 Å². The van der Waals surface area contributed by atoms with E-state index in [9.17, 15) is 14.4 Å². The molecule has 1 aliphatic rings. The second-order valence-corrected chi connectivity index (χ2v) is 8.75. The van der Waals surface area contributed by atoms with Crippen LogP contribution in [0.5, 0.6) is 11.5 Å². The molecule has 3 aromatic rings. The van der Waals surface area contributed by atoms with Crippen LogP contribution in [0.1, 0.15) is 39.0 Å². The van der Waals surface area contributed by atoms with Crippen molar-refractivity contribution in [1.82, 2.24) is 25.3 Å². The Morgan fingerprint density at radius 2 is 1.67 bits per heavy atom. The van der Waals surface area contributed by atoms with E-state index in [-0.39, 0.29) is 36.3 Å². The number of carbonyl (C=O) groups excluding carboxylic acids is 3. The maximum Gasteiger partial charge on any atom is 0.272 e. The first-order chi connectivity index (χ1) is 17.3. The molecule has 0 saturated heterocycles. The predicted octanol–water partition coefficient (Wildman–Crippen LogP) is 1.99. The zero-order valence-electron chi connectivity index (χ0n) is 20.7. The Balaban J connectivity index is 1.46. The molecule has 0 fully saturated rings. The quantitative estimate of drug-likeness (QED) is 0.498. The van der Waals surface area contributed by atoms with Crippen molar-refractivity contribution in [3.8, 4) is 11.5 Å². The molecular weight excluding hydrogens is 462 g/mol. The third-order valence-electron chi connectivity index (χ3n) is 6.42. The van der Waals surface area contributed by atoms with Gasteiger partial charge in [-0.2, -0.15) is 5.10 Å². The van der Waals surface area contributed by atoms with E-state index in [4.69, 9.17) is 9.47 Å². The molecule has 188 valence electrons. The Hall–Kier alpha value is -4.34. The molecule has 1 atom stereocenters. The second kappa shape index (κ2) is 10.1. The van der Waals surface area contributed by atoms with Gasteiger partial charge in [-0.15, -0.1) is 0 Å². The SMILES string of the molecule is COc1ccc(CNC(=O)c2cc3n(n2)CC(C)(C(=O)NCc2ccccc2)N(C)C3=O)cc1OC. The number of ether oxygens (including phenoxy) is 2. The summed E-state index contributed by atoms with van der Waals surface area (Å²) in [6.45, 7) is 2.38. The largest absolute Gasteiger partial charge is 0.493 e. The summed E-state index contributed by atoms with van der Waals surface area (Å²) in [6, 6.07) is 16.3. The van der Waals surface area contributed by atoms with E-state index in [0.717, 1.165) is 11.1 Å². The Kier molecular flexibility index (Phi) is 6.96. The van der Waals surface area contributed by atoms with Crippen molar-refractivity contribution in [1.29, 1.82) is 0 Å². The van der Waals surface area contributed by atoms with Crippen LogP contribution in [0.4, 0.5) is 0 Å². The summed E-state index contributed by atoms with van der Waals surface area (Å²) < 4.78 is 12.0. The number of aromatic nitrogens is 2. The van der Waals surface area contributed by atoms with E-state index < -0.39 is 11.4 Å². The zero-order chi connectivity index (χ0) is 25.9. The topological polar surface area (TPSA) is 115 Å². The second-order valence-electron chi connectivity index (χ2n) is 8.75. The lowest BCUT2D eigenvalue weighted by Crippen LogP contribution is -2.62. The number of nitrogens with one attached hydrogen (secondary N) is 2. The Bertz CT molecular complexity index is 1290. The summed E-state index contributed by atoms with van der Waals surface area (Å²) in [5, 5.41) is 10.0. The monoisotopic (exact) mass is 491 g/mol. The fraction of sp³-hybridized carbons (Fsp3) is 0.308. The van der Waals surface area contributed by atoms with Crippen LogP contribution in [0.2, 0.25) is 0 Å². The molecule has 36 heavy (non-hydrogen) atoms. The molecule has 2 aromatic carbocycles. The van der Waals surface area contributed by atoms with Crippen LogP contribution in [0.3, 0.4) is 0 Å². The van der Waals surface area contributed by atoms with Crippen molar-refractivity contribution in [2.45, 2.75) is 32.1 Å². The van der Waals surface area contributed by atoms with Crippen LogP contribution in [-0.2, 0) is 24.4 Å². The molecule has 10 heteroatoms. The molecule has 3 amide bonds.